The molecule has 23 heavy (non-hydrogen) atoms. The predicted molar refractivity (Wildman–Crippen MR) is 92.9 cm³/mol. The lowest BCUT2D eigenvalue weighted by Crippen LogP contribution is -2.31. The van der Waals surface area contributed by atoms with Gasteiger partial charge in [-0.3, -0.25) is 0 Å². The molecule has 1 aromatic heterocycles. The lowest BCUT2D eigenvalue weighted by atomic mass is 10.2. The third-order valence-corrected chi connectivity index (χ3v) is 4.69. The second kappa shape index (κ2) is 7.81. The average molecular weight is 351 g/mol. The normalized spacial score (nSPS) is 18.3. The predicted octanol–water partition coefficient (Wildman–Crippen LogP) is 2.69. The van der Waals surface area contributed by atoms with Crippen LogP contribution in [0.25, 0.3) is 0 Å². The van der Waals surface area contributed by atoms with Gasteiger partial charge in [-0.25, -0.2) is 4.39 Å². The molecule has 0 amide bonds. The van der Waals surface area contributed by atoms with E-state index in [2.05, 4.69) is 10.3 Å². The van der Waals surface area contributed by atoms with Gasteiger partial charge in [0.2, 0.25) is 0 Å². The summed E-state index contributed by atoms with van der Waals surface area (Å²) in [7, 11) is 0. The van der Waals surface area contributed by atoms with Crippen LogP contribution in [0.3, 0.4) is 0 Å². The number of nitrogens with zero attached hydrogens (tertiary/aromatic N) is 2. The summed E-state index contributed by atoms with van der Waals surface area (Å²) >= 11 is 6.75. The molecule has 3 rings (SSSR count). The second-order valence-electron chi connectivity index (χ2n) is 5.34. The van der Waals surface area contributed by atoms with Crippen molar-refractivity contribution in [2.45, 2.75) is 25.5 Å². The number of aromatic nitrogens is 1. The van der Waals surface area contributed by atoms with E-state index in [4.69, 9.17) is 17.0 Å². The highest BCUT2D eigenvalue weighted by Gasteiger charge is 2.15. The number of thiocarbonyl (C=S) groups is 1. The summed E-state index contributed by atoms with van der Waals surface area (Å²) in [4.78, 5) is 5.18. The minimum absolute atomic E-state index is 0.212. The molecule has 2 heterocycles. The van der Waals surface area contributed by atoms with Crippen molar-refractivity contribution >= 4 is 28.7 Å². The van der Waals surface area contributed by atoms with Crippen molar-refractivity contribution in [3.05, 3.63) is 52.0 Å². The number of benzene rings is 1. The Hall–Kier alpha value is -1.57. The van der Waals surface area contributed by atoms with E-state index in [9.17, 15) is 4.39 Å². The van der Waals surface area contributed by atoms with Crippen LogP contribution >= 0.6 is 23.6 Å². The van der Waals surface area contributed by atoms with Crippen LogP contribution in [0.2, 0.25) is 0 Å². The van der Waals surface area contributed by atoms with Gasteiger partial charge >= 0.3 is 0 Å². The van der Waals surface area contributed by atoms with Gasteiger partial charge in [-0.1, -0.05) is 18.2 Å². The lowest BCUT2D eigenvalue weighted by molar-refractivity contribution is 0.114. The molecular weight excluding hydrogens is 333 g/mol. The molecule has 1 fully saturated rings. The van der Waals surface area contributed by atoms with Gasteiger partial charge in [0, 0.05) is 30.3 Å². The molecule has 1 aliphatic heterocycles. The number of nitrogens with one attached hydrogen (secondary N) is 1. The molecule has 1 aliphatic rings. The van der Waals surface area contributed by atoms with Gasteiger partial charge < -0.3 is 14.6 Å². The van der Waals surface area contributed by atoms with Crippen molar-refractivity contribution in [2.24, 2.45) is 4.99 Å². The highest BCUT2D eigenvalue weighted by molar-refractivity contribution is 7.80. The fraction of sp³-hybridized carbons (Fsp3) is 0.375. The number of hydrogen-bond acceptors (Lipinski definition) is 3. The molecule has 1 saturated heterocycles. The molecule has 4 nitrogen and oxygen atoms in total. The van der Waals surface area contributed by atoms with Crippen LogP contribution in [-0.2, 0) is 11.3 Å². The maximum Gasteiger partial charge on any atom is 0.195 e. The zero-order valence-corrected chi connectivity index (χ0v) is 14.2. The molecule has 122 valence electrons. The summed E-state index contributed by atoms with van der Waals surface area (Å²) in [6.45, 7) is 1.94. The van der Waals surface area contributed by atoms with Gasteiger partial charge in [0.05, 0.1) is 12.6 Å². The first-order chi connectivity index (χ1) is 11.2. The van der Waals surface area contributed by atoms with Crippen LogP contribution in [-0.4, -0.2) is 28.9 Å². The van der Waals surface area contributed by atoms with Crippen LogP contribution in [0.4, 0.5) is 4.39 Å². The van der Waals surface area contributed by atoms with Crippen LogP contribution in [0.5, 0.6) is 0 Å². The summed E-state index contributed by atoms with van der Waals surface area (Å²) in [6.07, 6.45) is 4.27. The van der Waals surface area contributed by atoms with Gasteiger partial charge in [-0.05, 0) is 31.1 Å². The van der Waals surface area contributed by atoms with Crippen molar-refractivity contribution in [3.8, 4) is 0 Å². The standard InChI is InChI=1S/C16H18FN3OS2/c17-14-6-2-1-4-12(14)11-20-7-9-23-16(20)19-15(22)18-10-13-5-3-8-21-13/h1-2,4,6-7,9,13H,3,5,8,10-11H2,(H,18,22)/t13-/m0/s1. The monoisotopic (exact) mass is 351 g/mol. The molecule has 0 unspecified atom stereocenters. The van der Waals surface area contributed by atoms with Gasteiger partial charge in [-0.2, -0.15) is 4.99 Å². The highest BCUT2D eigenvalue weighted by atomic mass is 32.1. The van der Waals surface area contributed by atoms with Crippen molar-refractivity contribution in [1.82, 2.24) is 9.88 Å². The zero-order chi connectivity index (χ0) is 16.1. The maximum absolute atomic E-state index is 13.8. The molecule has 0 aliphatic carbocycles. The van der Waals surface area contributed by atoms with E-state index in [1.54, 1.807) is 12.1 Å². The van der Waals surface area contributed by atoms with E-state index in [0.717, 1.165) is 24.2 Å². The van der Waals surface area contributed by atoms with E-state index in [1.165, 1.54) is 17.4 Å². The van der Waals surface area contributed by atoms with Crippen molar-refractivity contribution in [2.75, 3.05) is 13.2 Å². The fourth-order valence-electron chi connectivity index (χ4n) is 2.45. The molecule has 1 N–H and O–H groups in total. The molecule has 2 aromatic rings. The Morgan fingerprint density at radius 1 is 1.48 bits per heavy atom. The van der Waals surface area contributed by atoms with Gasteiger partial charge in [0.25, 0.3) is 0 Å². The van der Waals surface area contributed by atoms with Crippen molar-refractivity contribution < 1.29 is 9.13 Å². The molecule has 1 atom stereocenters. The summed E-state index contributed by atoms with van der Waals surface area (Å²) in [5.74, 6) is -0.212. The number of halogens is 1. The Morgan fingerprint density at radius 2 is 2.35 bits per heavy atom. The van der Waals surface area contributed by atoms with E-state index in [0.29, 0.717) is 23.8 Å². The van der Waals surface area contributed by atoms with Crippen LogP contribution in [0, 0.1) is 5.82 Å². The minimum Gasteiger partial charge on any atom is -0.376 e. The number of rotatable bonds is 4. The summed E-state index contributed by atoms with van der Waals surface area (Å²) in [5, 5.41) is 5.48. The maximum atomic E-state index is 13.8. The quantitative estimate of drug-likeness (QED) is 0.861. The van der Waals surface area contributed by atoms with Crippen LogP contribution in [0.15, 0.2) is 40.8 Å². The number of ether oxygens (including phenoxy) is 1. The summed E-state index contributed by atoms with van der Waals surface area (Å²) in [6, 6.07) is 6.76. The highest BCUT2D eigenvalue weighted by Crippen LogP contribution is 2.10. The Balaban J connectivity index is 1.67. The minimum atomic E-state index is -0.212. The Bertz CT molecular complexity index is 735. The topological polar surface area (TPSA) is 38.5 Å². The first kappa shape index (κ1) is 16.3. The molecule has 0 spiro atoms. The molecule has 0 radical (unpaired) electrons. The molecule has 0 bridgehead atoms. The number of thiazole rings is 1. The van der Waals surface area contributed by atoms with Gasteiger partial charge in [0.15, 0.2) is 9.91 Å². The van der Waals surface area contributed by atoms with Crippen LogP contribution in [0.1, 0.15) is 18.4 Å². The fourth-order valence-corrected chi connectivity index (χ4v) is 3.41. The Kier molecular flexibility index (Phi) is 5.53. The first-order valence-electron chi connectivity index (χ1n) is 7.54. The van der Waals surface area contributed by atoms with Crippen molar-refractivity contribution in [3.63, 3.8) is 0 Å². The molecule has 1 aromatic carbocycles. The molecular formula is C16H18FN3OS2. The van der Waals surface area contributed by atoms with E-state index in [-0.39, 0.29) is 11.9 Å². The Morgan fingerprint density at radius 3 is 3.13 bits per heavy atom. The molecule has 7 heteroatoms. The van der Waals surface area contributed by atoms with Gasteiger partial charge in [0.1, 0.15) is 5.82 Å². The summed E-state index contributed by atoms with van der Waals surface area (Å²) < 4.78 is 21.2. The smallest absolute Gasteiger partial charge is 0.195 e. The van der Waals surface area contributed by atoms with Crippen molar-refractivity contribution in [1.29, 1.82) is 0 Å². The SMILES string of the molecule is Fc1ccccc1Cn1ccsc1=NC(=S)NC[C@@H]1CCCO1. The third kappa shape index (κ3) is 4.46. The third-order valence-electron chi connectivity index (χ3n) is 3.66. The van der Waals surface area contributed by atoms with E-state index < -0.39 is 0 Å². The zero-order valence-electron chi connectivity index (χ0n) is 12.6. The number of hydrogen-bond donors (Lipinski definition) is 1. The largest absolute Gasteiger partial charge is 0.376 e. The summed E-state index contributed by atoms with van der Waals surface area (Å²) in [5.41, 5.74) is 0.630. The van der Waals surface area contributed by atoms with Gasteiger partial charge in [-0.15, -0.1) is 11.3 Å². The lowest BCUT2D eigenvalue weighted by Gasteiger charge is -2.10. The first-order valence-corrected chi connectivity index (χ1v) is 8.82. The van der Waals surface area contributed by atoms with Crippen LogP contribution < -0.4 is 10.1 Å². The average Bonchev–Trinajstić information content (AvgIpc) is 3.20. The Labute approximate surface area is 143 Å². The molecule has 0 saturated carbocycles. The second-order valence-corrected chi connectivity index (χ2v) is 6.60. The van der Waals surface area contributed by atoms with E-state index >= 15 is 0 Å². The van der Waals surface area contributed by atoms with E-state index in [1.807, 2.05) is 22.2 Å².